The molecule has 222 valence electrons. The van der Waals surface area contributed by atoms with Gasteiger partial charge in [0.25, 0.3) is 5.91 Å². The van der Waals surface area contributed by atoms with Gasteiger partial charge in [-0.25, -0.2) is 4.79 Å². The summed E-state index contributed by atoms with van der Waals surface area (Å²) >= 11 is 0. The van der Waals surface area contributed by atoms with Crippen LogP contribution in [-0.2, 0) is 14.3 Å². The Morgan fingerprint density at radius 1 is 1.00 bits per heavy atom. The van der Waals surface area contributed by atoms with E-state index < -0.39 is 23.8 Å². The lowest BCUT2D eigenvalue weighted by molar-refractivity contribution is -0.141. The van der Waals surface area contributed by atoms with Crippen LogP contribution in [-0.4, -0.2) is 41.0 Å². The Morgan fingerprint density at radius 2 is 1.61 bits per heavy atom. The van der Waals surface area contributed by atoms with Crippen molar-refractivity contribution in [2.75, 3.05) is 11.9 Å². The highest BCUT2D eigenvalue weighted by Crippen LogP contribution is 2.28. The van der Waals surface area contributed by atoms with Gasteiger partial charge < -0.3 is 20.3 Å². The minimum atomic E-state index is -0.944. The molecular formula is C34H47N3O4. The topological polar surface area (TPSA) is 87.7 Å². The number of aryl methyl sites for hydroxylation is 2. The average molecular weight is 562 g/mol. The molecule has 7 nitrogen and oxygen atoms in total. The molecule has 2 N–H and O–H groups in total. The van der Waals surface area contributed by atoms with Gasteiger partial charge in [0, 0.05) is 17.8 Å². The Hall–Kier alpha value is -3.79. The fraction of sp³-hybridized carbons (Fsp3) is 0.500. The van der Waals surface area contributed by atoms with E-state index in [2.05, 4.69) is 23.5 Å². The third kappa shape index (κ3) is 10.3. The fourth-order valence-corrected chi connectivity index (χ4v) is 4.68. The summed E-state index contributed by atoms with van der Waals surface area (Å²) in [5.41, 5.74) is 3.16. The standard InChI is InChI=1S/C34H47N3O4/c1-10-12-13-21-37(32(39)28(22-23(3)4)35-33(40)41-34(7,8)9)30(27-19-17-26(11-2)18-20-27)31(38)36-29-24(5)15-14-16-25(29)6/h2,14-20,23,28,30H,10,12-13,21-22H2,1,3-9H3,(H,35,40)(H,36,38). The molecule has 2 rings (SSSR count). The van der Waals surface area contributed by atoms with E-state index in [1.54, 1.807) is 49.9 Å². The molecule has 0 aliphatic heterocycles. The van der Waals surface area contributed by atoms with E-state index in [9.17, 15) is 14.4 Å². The number of benzene rings is 2. The largest absolute Gasteiger partial charge is 0.444 e. The van der Waals surface area contributed by atoms with Crippen molar-refractivity contribution in [3.8, 4) is 12.3 Å². The van der Waals surface area contributed by atoms with Gasteiger partial charge in [-0.1, -0.05) is 69.9 Å². The highest BCUT2D eigenvalue weighted by molar-refractivity contribution is 6.00. The maximum atomic E-state index is 14.3. The smallest absolute Gasteiger partial charge is 0.408 e. The van der Waals surface area contributed by atoms with Crippen LogP contribution in [0, 0.1) is 32.1 Å². The first-order valence-electron chi connectivity index (χ1n) is 14.5. The van der Waals surface area contributed by atoms with Gasteiger partial charge in [0.15, 0.2) is 0 Å². The van der Waals surface area contributed by atoms with E-state index in [0.29, 0.717) is 36.2 Å². The van der Waals surface area contributed by atoms with Gasteiger partial charge in [-0.05, 0) is 82.2 Å². The van der Waals surface area contributed by atoms with Crippen LogP contribution in [0.3, 0.4) is 0 Å². The van der Waals surface area contributed by atoms with Crippen molar-refractivity contribution < 1.29 is 19.1 Å². The van der Waals surface area contributed by atoms with Crippen LogP contribution in [0.15, 0.2) is 42.5 Å². The van der Waals surface area contributed by atoms with E-state index in [0.717, 1.165) is 24.0 Å². The summed E-state index contributed by atoms with van der Waals surface area (Å²) in [4.78, 5) is 42.9. The molecule has 0 aromatic heterocycles. The van der Waals surface area contributed by atoms with Crippen molar-refractivity contribution >= 4 is 23.6 Å². The van der Waals surface area contributed by atoms with E-state index in [4.69, 9.17) is 11.2 Å². The molecule has 3 amide bonds. The van der Waals surface area contributed by atoms with Crippen LogP contribution in [0.25, 0.3) is 0 Å². The Balaban J connectivity index is 2.60. The second-order valence-electron chi connectivity index (χ2n) is 12.0. The predicted molar refractivity (Wildman–Crippen MR) is 166 cm³/mol. The molecule has 0 aliphatic rings. The number of amides is 3. The molecule has 7 heteroatoms. The van der Waals surface area contributed by atoms with Gasteiger partial charge in [0.05, 0.1) is 0 Å². The summed E-state index contributed by atoms with van der Waals surface area (Å²) in [7, 11) is 0. The van der Waals surface area contributed by atoms with Crippen LogP contribution in [0.4, 0.5) is 10.5 Å². The highest BCUT2D eigenvalue weighted by Gasteiger charge is 2.36. The number of anilines is 1. The summed E-state index contributed by atoms with van der Waals surface area (Å²) in [6, 6.07) is 11.1. The zero-order valence-corrected chi connectivity index (χ0v) is 26.0. The summed E-state index contributed by atoms with van der Waals surface area (Å²) in [6.07, 6.45) is 7.86. The van der Waals surface area contributed by atoms with Gasteiger partial charge >= 0.3 is 6.09 Å². The van der Waals surface area contributed by atoms with Crippen molar-refractivity contribution in [2.24, 2.45) is 5.92 Å². The lowest BCUT2D eigenvalue weighted by Gasteiger charge is -2.35. The molecule has 0 radical (unpaired) electrons. The van der Waals surface area contributed by atoms with Gasteiger partial charge in [-0.3, -0.25) is 9.59 Å². The van der Waals surface area contributed by atoms with Crippen molar-refractivity contribution in [1.29, 1.82) is 0 Å². The van der Waals surface area contributed by atoms with Crippen LogP contribution in [0.1, 0.15) is 95.5 Å². The Bertz CT molecular complexity index is 1200. The second-order valence-corrected chi connectivity index (χ2v) is 12.0. The first kappa shape index (κ1) is 33.4. The highest BCUT2D eigenvalue weighted by atomic mass is 16.6. The number of hydrogen-bond donors (Lipinski definition) is 2. The molecule has 2 aromatic carbocycles. The number of carbonyl (C=O) groups excluding carboxylic acids is 3. The molecule has 0 bridgehead atoms. The molecule has 2 atom stereocenters. The molecular weight excluding hydrogens is 514 g/mol. The molecule has 0 saturated carbocycles. The number of unbranched alkanes of at least 4 members (excludes halogenated alkanes) is 2. The number of nitrogens with one attached hydrogen (secondary N) is 2. The maximum absolute atomic E-state index is 14.3. The zero-order valence-electron chi connectivity index (χ0n) is 26.0. The van der Waals surface area contributed by atoms with Crippen molar-refractivity contribution in [1.82, 2.24) is 10.2 Å². The number of rotatable bonds is 12. The first-order valence-corrected chi connectivity index (χ1v) is 14.5. The number of terminal acetylenes is 1. The summed E-state index contributed by atoms with van der Waals surface area (Å²) in [5, 5.41) is 5.89. The number of hydrogen-bond acceptors (Lipinski definition) is 4. The molecule has 0 fully saturated rings. The number of para-hydroxylation sites is 1. The zero-order chi connectivity index (χ0) is 30.7. The van der Waals surface area contributed by atoms with Crippen molar-refractivity contribution in [3.05, 3.63) is 64.7 Å². The molecule has 0 spiro atoms. The Labute approximate surface area is 246 Å². The minimum Gasteiger partial charge on any atom is -0.444 e. The van der Waals surface area contributed by atoms with Crippen LogP contribution in [0.5, 0.6) is 0 Å². The third-order valence-electron chi connectivity index (χ3n) is 6.66. The maximum Gasteiger partial charge on any atom is 0.408 e. The SMILES string of the molecule is C#Cc1ccc(C(C(=O)Nc2c(C)cccc2C)N(CCCCC)C(=O)C(CC(C)C)NC(=O)OC(C)(C)C)cc1. The van der Waals surface area contributed by atoms with Gasteiger partial charge in [-0.15, -0.1) is 6.42 Å². The van der Waals surface area contributed by atoms with Gasteiger partial charge in [0.1, 0.15) is 17.7 Å². The average Bonchev–Trinajstić information content (AvgIpc) is 2.88. The summed E-state index contributed by atoms with van der Waals surface area (Å²) in [5.74, 6) is 2.05. The summed E-state index contributed by atoms with van der Waals surface area (Å²) in [6.45, 7) is 15.6. The van der Waals surface area contributed by atoms with Crippen LogP contribution in [0.2, 0.25) is 0 Å². The summed E-state index contributed by atoms with van der Waals surface area (Å²) < 4.78 is 5.48. The van der Waals surface area contributed by atoms with E-state index in [1.165, 1.54) is 0 Å². The molecule has 2 aromatic rings. The molecule has 0 saturated heterocycles. The second kappa shape index (κ2) is 15.3. The van der Waals surface area contributed by atoms with Crippen LogP contribution < -0.4 is 10.6 Å². The fourth-order valence-electron chi connectivity index (χ4n) is 4.68. The molecule has 41 heavy (non-hydrogen) atoms. The number of alkyl carbamates (subject to hydrolysis) is 1. The lowest BCUT2D eigenvalue weighted by Crippen LogP contribution is -2.53. The lowest BCUT2D eigenvalue weighted by atomic mass is 9.97. The minimum absolute atomic E-state index is 0.105. The van der Waals surface area contributed by atoms with E-state index >= 15 is 0 Å². The predicted octanol–water partition coefficient (Wildman–Crippen LogP) is 6.92. The first-order chi connectivity index (χ1) is 19.3. The van der Waals surface area contributed by atoms with E-state index in [-0.39, 0.29) is 17.7 Å². The Morgan fingerprint density at radius 3 is 2.12 bits per heavy atom. The number of carbonyl (C=O) groups is 3. The normalized spacial score (nSPS) is 12.7. The quantitative estimate of drug-likeness (QED) is 0.217. The third-order valence-corrected chi connectivity index (χ3v) is 6.66. The van der Waals surface area contributed by atoms with Crippen molar-refractivity contribution in [2.45, 2.75) is 98.8 Å². The molecule has 2 unspecified atom stereocenters. The van der Waals surface area contributed by atoms with Crippen molar-refractivity contribution in [3.63, 3.8) is 0 Å². The van der Waals surface area contributed by atoms with E-state index in [1.807, 2.05) is 45.9 Å². The van der Waals surface area contributed by atoms with Gasteiger partial charge in [0.2, 0.25) is 5.91 Å². The number of ether oxygens (including phenoxy) is 1. The van der Waals surface area contributed by atoms with Crippen LogP contribution >= 0.6 is 0 Å². The molecule has 0 heterocycles. The molecule has 0 aliphatic carbocycles. The Kier molecular flexibility index (Phi) is 12.5. The number of nitrogens with zero attached hydrogens (tertiary/aromatic N) is 1. The monoisotopic (exact) mass is 561 g/mol. The van der Waals surface area contributed by atoms with Gasteiger partial charge in [-0.2, -0.15) is 0 Å².